The van der Waals surface area contributed by atoms with Crippen LogP contribution in [-0.2, 0) is 30.5 Å². The Kier molecular flexibility index (Phi) is 6.23. The van der Waals surface area contributed by atoms with Crippen LogP contribution in [0.15, 0.2) is 40.7 Å². The average molecular weight is 410 g/mol. The second-order valence-corrected chi connectivity index (χ2v) is 7.41. The van der Waals surface area contributed by atoms with Crippen LogP contribution in [0, 0.1) is 0 Å². The summed E-state index contributed by atoms with van der Waals surface area (Å²) in [5.41, 5.74) is 0.976. The van der Waals surface area contributed by atoms with E-state index in [2.05, 4.69) is 15.6 Å². The van der Waals surface area contributed by atoms with E-state index in [0.717, 1.165) is 18.6 Å². The van der Waals surface area contributed by atoms with Crippen molar-refractivity contribution in [3.63, 3.8) is 0 Å². The first-order chi connectivity index (χ1) is 13.4. The van der Waals surface area contributed by atoms with Crippen molar-refractivity contribution in [3.8, 4) is 0 Å². The highest BCUT2D eigenvalue weighted by molar-refractivity contribution is 7.10. The van der Waals surface area contributed by atoms with Crippen LogP contribution in [0.25, 0.3) is 0 Å². The summed E-state index contributed by atoms with van der Waals surface area (Å²) in [5, 5.41) is 7.90. The third kappa shape index (κ3) is 5.03. The molecular formula is C19H21F3N4OS. The van der Waals surface area contributed by atoms with Gasteiger partial charge in [-0.25, -0.2) is 0 Å². The van der Waals surface area contributed by atoms with Crippen LogP contribution in [0.2, 0.25) is 0 Å². The molecule has 2 aromatic rings. The molecule has 2 heterocycles. The minimum Gasteiger partial charge on any atom is -0.352 e. The van der Waals surface area contributed by atoms with Gasteiger partial charge in [-0.05, 0) is 41.1 Å². The average Bonchev–Trinajstić information content (AvgIpc) is 3.15. The predicted molar refractivity (Wildman–Crippen MR) is 103 cm³/mol. The molecule has 0 spiro atoms. The Bertz CT molecular complexity index is 863. The molecule has 0 aliphatic carbocycles. The first-order valence-corrected chi connectivity index (χ1v) is 9.68. The standard InChI is InChI=1S/C19H21F3N4OS/c1-23-18(24-10-13-3-2-4-15(9-13)19(20,21)22)25-11-17(27)26-7-5-16-14(12-26)6-8-28-16/h2-4,6,8-9H,5,7,10-12H2,1H3,(H2,23,24,25). The summed E-state index contributed by atoms with van der Waals surface area (Å²) in [4.78, 5) is 19.6. The Morgan fingerprint density at radius 2 is 2.11 bits per heavy atom. The van der Waals surface area contributed by atoms with Crippen molar-refractivity contribution in [2.45, 2.75) is 25.7 Å². The number of carbonyl (C=O) groups is 1. The number of rotatable bonds is 4. The summed E-state index contributed by atoms with van der Waals surface area (Å²) in [6.45, 7) is 1.53. The lowest BCUT2D eigenvalue weighted by Gasteiger charge is -2.27. The normalized spacial score (nSPS) is 14.6. The fourth-order valence-corrected chi connectivity index (χ4v) is 3.89. The van der Waals surface area contributed by atoms with Crippen LogP contribution in [0.3, 0.4) is 0 Å². The number of hydrogen-bond acceptors (Lipinski definition) is 3. The molecule has 9 heteroatoms. The van der Waals surface area contributed by atoms with Gasteiger partial charge in [0.25, 0.3) is 0 Å². The number of aliphatic imine (C=N–C) groups is 1. The molecule has 150 valence electrons. The summed E-state index contributed by atoms with van der Waals surface area (Å²) in [6, 6.07) is 7.15. The van der Waals surface area contributed by atoms with Crippen molar-refractivity contribution in [2.75, 3.05) is 20.1 Å². The van der Waals surface area contributed by atoms with Gasteiger partial charge in [-0.3, -0.25) is 9.79 Å². The van der Waals surface area contributed by atoms with Crippen molar-refractivity contribution in [1.29, 1.82) is 0 Å². The Hall–Kier alpha value is -2.55. The van der Waals surface area contributed by atoms with Crippen molar-refractivity contribution < 1.29 is 18.0 Å². The first kappa shape index (κ1) is 20.2. The van der Waals surface area contributed by atoms with Gasteiger partial charge in [0.1, 0.15) is 0 Å². The molecule has 0 atom stereocenters. The van der Waals surface area contributed by atoms with E-state index in [4.69, 9.17) is 0 Å². The van der Waals surface area contributed by atoms with E-state index in [9.17, 15) is 18.0 Å². The van der Waals surface area contributed by atoms with Gasteiger partial charge in [0.15, 0.2) is 5.96 Å². The number of benzene rings is 1. The van der Waals surface area contributed by atoms with Gasteiger partial charge in [0.2, 0.25) is 5.91 Å². The number of carbonyl (C=O) groups excluding carboxylic acids is 1. The van der Waals surface area contributed by atoms with Crippen LogP contribution in [-0.4, -0.2) is 36.9 Å². The fraction of sp³-hybridized carbons (Fsp3) is 0.368. The van der Waals surface area contributed by atoms with Gasteiger partial charge in [-0.1, -0.05) is 12.1 Å². The van der Waals surface area contributed by atoms with Crippen molar-refractivity contribution >= 4 is 23.2 Å². The van der Waals surface area contributed by atoms with Gasteiger partial charge in [0, 0.05) is 31.6 Å². The molecule has 1 aliphatic rings. The number of amides is 1. The van der Waals surface area contributed by atoms with Crippen molar-refractivity contribution in [3.05, 3.63) is 57.3 Å². The van der Waals surface area contributed by atoms with E-state index in [1.165, 1.54) is 16.5 Å². The quantitative estimate of drug-likeness (QED) is 0.602. The molecule has 1 aromatic carbocycles. The summed E-state index contributed by atoms with van der Waals surface area (Å²) < 4.78 is 38.4. The molecule has 5 nitrogen and oxygen atoms in total. The van der Waals surface area contributed by atoms with Gasteiger partial charge in [-0.2, -0.15) is 13.2 Å². The molecule has 0 saturated carbocycles. The zero-order chi connectivity index (χ0) is 20.1. The Balaban J connectivity index is 1.49. The number of nitrogens with zero attached hydrogens (tertiary/aromatic N) is 2. The molecule has 2 N–H and O–H groups in total. The van der Waals surface area contributed by atoms with Gasteiger partial charge >= 0.3 is 6.18 Å². The summed E-state index contributed by atoms with van der Waals surface area (Å²) in [5.74, 6) is 0.317. The minimum absolute atomic E-state index is 0.0427. The molecule has 0 bridgehead atoms. The van der Waals surface area contributed by atoms with Crippen molar-refractivity contribution in [2.24, 2.45) is 4.99 Å². The van der Waals surface area contributed by atoms with Gasteiger partial charge < -0.3 is 15.5 Å². The Morgan fingerprint density at radius 1 is 1.29 bits per heavy atom. The SMILES string of the molecule is CN=C(NCC(=O)N1CCc2sccc2C1)NCc1cccc(C(F)(F)F)c1. The highest BCUT2D eigenvalue weighted by atomic mass is 32.1. The second-order valence-electron chi connectivity index (χ2n) is 6.41. The molecule has 1 aromatic heterocycles. The van der Waals surface area contributed by atoms with E-state index in [0.29, 0.717) is 24.6 Å². The topological polar surface area (TPSA) is 56.7 Å². The van der Waals surface area contributed by atoms with Crippen LogP contribution in [0.5, 0.6) is 0 Å². The molecule has 28 heavy (non-hydrogen) atoms. The van der Waals surface area contributed by atoms with E-state index in [1.807, 2.05) is 11.4 Å². The Morgan fingerprint density at radius 3 is 2.86 bits per heavy atom. The summed E-state index contributed by atoms with van der Waals surface area (Å²) in [7, 11) is 1.55. The zero-order valence-corrected chi connectivity index (χ0v) is 16.2. The molecule has 0 saturated heterocycles. The van der Waals surface area contributed by atoms with E-state index < -0.39 is 11.7 Å². The maximum Gasteiger partial charge on any atom is 0.416 e. The predicted octanol–water partition coefficient (Wildman–Crippen LogP) is 3.02. The van der Waals surface area contributed by atoms with E-state index in [-0.39, 0.29) is 19.0 Å². The molecule has 0 radical (unpaired) electrons. The number of guanidine groups is 1. The van der Waals surface area contributed by atoms with E-state index >= 15 is 0 Å². The third-order valence-corrected chi connectivity index (χ3v) is 5.53. The molecule has 0 unspecified atom stereocenters. The largest absolute Gasteiger partial charge is 0.416 e. The minimum atomic E-state index is -4.38. The van der Waals surface area contributed by atoms with Gasteiger partial charge in [0.05, 0.1) is 12.1 Å². The van der Waals surface area contributed by atoms with Crippen LogP contribution < -0.4 is 10.6 Å². The number of hydrogen-bond donors (Lipinski definition) is 2. The maximum atomic E-state index is 12.8. The lowest BCUT2D eigenvalue weighted by atomic mass is 10.1. The lowest BCUT2D eigenvalue weighted by Crippen LogP contribution is -2.45. The molecule has 1 amide bonds. The monoisotopic (exact) mass is 410 g/mol. The molecule has 0 fully saturated rings. The zero-order valence-electron chi connectivity index (χ0n) is 15.3. The van der Waals surface area contributed by atoms with Crippen LogP contribution in [0.1, 0.15) is 21.6 Å². The van der Waals surface area contributed by atoms with Crippen molar-refractivity contribution in [1.82, 2.24) is 15.5 Å². The summed E-state index contributed by atoms with van der Waals surface area (Å²) in [6.07, 6.45) is -3.51. The van der Waals surface area contributed by atoms with Crippen LogP contribution in [0.4, 0.5) is 13.2 Å². The van der Waals surface area contributed by atoms with Gasteiger partial charge in [-0.15, -0.1) is 11.3 Å². The number of fused-ring (bicyclic) bond motifs is 1. The maximum absolute atomic E-state index is 12.8. The number of halogens is 3. The van der Waals surface area contributed by atoms with E-state index in [1.54, 1.807) is 29.4 Å². The summed E-state index contributed by atoms with van der Waals surface area (Å²) >= 11 is 1.71. The van der Waals surface area contributed by atoms with Crippen LogP contribution >= 0.6 is 11.3 Å². The fourth-order valence-electron chi connectivity index (χ4n) is 3.00. The lowest BCUT2D eigenvalue weighted by molar-refractivity contribution is -0.137. The molecule has 3 rings (SSSR count). The molecular weight excluding hydrogens is 389 g/mol. The number of nitrogens with one attached hydrogen (secondary N) is 2. The second kappa shape index (κ2) is 8.64. The molecule has 1 aliphatic heterocycles. The smallest absolute Gasteiger partial charge is 0.352 e. The third-order valence-electron chi connectivity index (χ3n) is 4.51. The highest BCUT2D eigenvalue weighted by Crippen LogP contribution is 2.29. The highest BCUT2D eigenvalue weighted by Gasteiger charge is 2.30. The first-order valence-electron chi connectivity index (χ1n) is 8.80. The number of alkyl halides is 3. The number of thiophene rings is 1. The Labute approximate surface area is 165 Å².